The molecule has 4 rings (SSSR count). The standard InChI is InChI=1S/C19H15NO3/c1-9-7-13(14-8-15(21)20-14)10(2)17-16(9)18(22)11-5-3-4-6-12(11)19(17)23/h3-7,14H,8H2,1-2H3,(H,20,21). The first-order chi connectivity index (χ1) is 11.0. The van der Waals surface area contributed by atoms with Gasteiger partial charge in [-0.15, -0.1) is 0 Å². The Bertz CT molecular complexity index is 903. The number of rotatable bonds is 1. The number of fused-ring (bicyclic) bond motifs is 2. The van der Waals surface area contributed by atoms with E-state index in [1.165, 1.54) is 0 Å². The van der Waals surface area contributed by atoms with Gasteiger partial charge >= 0.3 is 0 Å². The fraction of sp³-hybridized carbons (Fsp3) is 0.211. The number of carbonyl (C=O) groups excluding carboxylic acids is 3. The number of hydrogen-bond acceptors (Lipinski definition) is 3. The van der Waals surface area contributed by atoms with Gasteiger partial charge in [-0.2, -0.15) is 0 Å². The Morgan fingerprint density at radius 3 is 2.09 bits per heavy atom. The van der Waals surface area contributed by atoms with Crippen molar-refractivity contribution >= 4 is 17.5 Å². The third kappa shape index (κ3) is 1.81. The molecule has 4 nitrogen and oxygen atoms in total. The smallest absolute Gasteiger partial charge is 0.222 e. The van der Waals surface area contributed by atoms with Crippen LogP contribution in [0.15, 0.2) is 30.3 Å². The summed E-state index contributed by atoms with van der Waals surface area (Å²) >= 11 is 0. The van der Waals surface area contributed by atoms with Crippen LogP contribution in [0.5, 0.6) is 0 Å². The van der Waals surface area contributed by atoms with Gasteiger partial charge in [0.25, 0.3) is 0 Å². The average molecular weight is 305 g/mol. The van der Waals surface area contributed by atoms with Crippen molar-refractivity contribution in [1.82, 2.24) is 5.32 Å². The lowest BCUT2D eigenvalue weighted by molar-refractivity contribution is -0.128. The van der Waals surface area contributed by atoms with E-state index in [9.17, 15) is 14.4 Å². The maximum atomic E-state index is 12.9. The molecule has 1 saturated heterocycles. The first kappa shape index (κ1) is 13.9. The minimum Gasteiger partial charge on any atom is -0.349 e. The molecule has 0 bridgehead atoms. The molecular weight excluding hydrogens is 290 g/mol. The molecule has 1 fully saturated rings. The van der Waals surface area contributed by atoms with Gasteiger partial charge in [-0.1, -0.05) is 30.3 Å². The SMILES string of the molecule is Cc1cc(C2CC(=O)N2)c(C)c2c1C(=O)c1ccccc1C2=O. The molecule has 2 aromatic rings. The van der Waals surface area contributed by atoms with Gasteiger partial charge in [-0.05, 0) is 30.5 Å². The van der Waals surface area contributed by atoms with E-state index in [2.05, 4.69) is 5.32 Å². The van der Waals surface area contributed by atoms with E-state index in [4.69, 9.17) is 0 Å². The van der Waals surface area contributed by atoms with Crippen molar-refractivity contribution in [1.29, 1.82) is 0 Å². The van der Waals surface area contributed by atoms with E-state index in [0.29, 0.717) is 28.7 Å². The van der Waals surface area contributed by atoms with Gasteiger partial charge in [0, 0.05) is 22.3 Å². The molecule has 2 aromatic carbocycles. The lowest BCUT2D eigenvalue weighted by atomic mass is 9.77. The highest BCUT2D eigenvalue weighted by Gasteiger charge is 2.36. The summed E-state index contributed by atoms with van der Waals surface area (Å²) in [7, 11) is 0. The molecule has 0 radical (unpaired) electrons. The van der Waals surface area contributed by atoms with Crippen LogP contribution in [0.2, 0.25) is 0 Å². The van der Waals surface area contributed by atoms with Crippen LogP contribution in [0.25, 0.3) is 0 Å². The Morgan fingerprint density at radius 1 is 0.957 bits per heavy atom. The van der Waals surface area contributed by atoms with Crippen molar-refractivity contribution in [3.05, 3.63) is 69.3 Å². The summed E-state index contributed by atoms with van der Waals surface area (Å²) in [4.78, 5) is 37.0. The molecule has 1 heterocycles. The summed E-state index contributed by atoms with van der Waals surface area (Å²) in [6, 6.07) is 8.81. The first-order valence-corrected chi connectivity index (χ1v) is 7.61. The van der Waals surface area contributed by atoms with Crippen LogP contribution in [-0.2, 0) is 4.79 Å². The molecule has 1 aliphatic heterocycles. The van der Waals surface area contributed by atoms with Crippen molar-refractivity contribution < 1.29 is 14.4 Å². The van der Waals surface area contributed by atoms with Crippen LogP contribution < -0.4 is 5.32 Å². The molecule has 1 atom stereocenters. The fourth-order valence-electron chi connectivity index (χ4n) is 3.58. The number of β-lactam (4-membered cyclic amide) rings is 1. The predicted octanol–water partition coefficient (Wildman–Crippen LogP) is 2.64. The Morgan fingerprint density at radius 2 is 1.52 bits per heavy atom. The average Bonchev–Trinajstić information content (AvgIpc) is 2.51. The molecule has 114 valence electrons. The first-order valence-electron chi connectivity index (χ1n) is 7.61. The van der Waals surface area contributed by atoms with Crippen LogP contribution in [0.4, 0.5) is 0 Å². The third-order valence-corrected chi connectivity index (χ3v) is 4.79. The van der Waals surface area contributed by atoms with Crippen LogP contribution >= 0.6 is 0 Å². The maximum Gasteiger partial charge on any atom is 0.222 e. The van der Waals surface area contributed by atoms with E-state index in [-0.39, 0.29) is 23.5 Å². The molecule has 0 saturated carbocycles. The molecule has 1 N–H and O–H groups in total. The highest BCUT2D eigenvalue weighted by molar-refractivity contribution is 6.29. The van der Waals surface area contributed by atoms with Gasteiger partial charge in [0.2, 0.25) is 5.91 Å². The second kappa shape index (κ2) is 4.62. The molecule has 0 spiro atoms. The number of carbonyl (C=O) groups is 3. The largest absolute Gasteiger partial charge is 0.349 e. The van der Waals surface area contributed by atoms with Crippen molar-refractivity contribution in [2.75, 3.05) is 0 Å². The fourth-order valence-corrected chi connectivity index (χ4v) is 3.58. The molecule has 1 unspecified atom stereocenters. The van der Waals surface area contributed by atoms with E-state index in [0.717, 1.165) is 16.7 Å². The summed E-state index contributed by atoms with van der Waals surface area (Å²) in [6.45, 7) is 3.71. The zero-order valence-corrected chi connectivity index (χ0v) is 12.9. The van der Waals surface area contributed by atoms with Gasteiger partial charge in [0.15, 0.2) is 11.6 Å². The number of aryl methyl sites for hydroxylation is 1. The Labute approximate surface area is 133 Å². The van der Waals surface area contributed by atoms with Crippen molar-refractivity contribution in [2.24, 2.45) is 0 Å². The van der Waals surface area contributed by atoms with Gasteiger partial charge in [-0.3, -0.25) is 14.4 Å². The van der Waals surface area contributed by atoms with Gasteiger partial charge in [0.1, 0.15) is 0 Å². The highest BCUT2D eigenvalue weighted by Crippen LogP contribution is 2.36. The van der Waals surface area contributed by atoms with Crippen LogP contribution in [0, 0.1) is 13.8 Å². The number of benzene rings is 2. The number of nitrogens with one attached hydrogen (secondary N) is 1. The summed E-state index contributed by atoms with van der Waals surface area (Å²) in [5.74, 6) is -0.194. The minimum atomic E-state index is -0.108. The van der Waals surface area contributed by atoms with Crippen LogP contribution in [0.1, 0.15) is 61.0 Å². The Hall–Kier alpha value is -2.75. The summed E-state index contributed by atoms with van der Waals surface area (Å²) < 4.78 is 0. The van der Waals surface area contributed by atoms with Gasteiger partial charge in [0.05, 0.1) is 12.5 Å². The second-order valence-electron chi connectivity index (χ2n) is 6.19. The minimum absolute atomic E-state index is 0.0116. The maximum absolute atomic E-state index is 12.9. The van der Waals surface area contributed by atoms with E-state index < -0.39 is 0 Å². The van der Waals surface area contributed by atoms with Crippen LogP contribution in [0.3, 0.4) is 0 Å². The molecule has 1 aliphatic carbocycles. The van der Waals surface area contributed by atoms with Gasteiger partial charge in [-0.25, -0.2) is 0 Å². The number of hydrogen-bond donors (Lipinski definition) is 1. The summed E-state index contributed by atoms with van der Waals surface area (Å²) in [5.41, 5.74) is 4.43. The zero-order valence-electron chi connectivity index (χ0n) is 12.9. The molecule has 23 heavy (non-hydrogen) atoms. The molecule has 1 amide bonds. The third-order valence-electron chi connectivity index (χ3n) is 4.79. The van der Waals surface area contributed by atoms with E-state index in [1.54, 1.807) is 24.3 Å². The van der Waals surface area contributed by atoms with Crippen molar-refractivity contribution in [3.63, 3.8) is 0 Å². The van der Waals surface area contributed by atoms with E-state index in [1.807, 2.05) is 19.9 Å². The summed E-state index contributed by atoms with van der Waals surface area (Å²) in [6.07, 6.45) is 0.428. The topological polar surface area (TPSA) is 63.2 Å². The molecule has 4 heteroatoms. The molecule has 2 aliphatic rings. The molecular formula is C19H15NO3. The highest BCUT2D eigenvalue weighted by atomic mass is 16.2. The summed E-state index contributed by atoms with van der Waals surface area (Å²) in [5, 5.41) is 2.84. The molecule has 0 aromatic heterocycles. The number of amides is 1. The monoisotopic (exact) mass is 305 g/mol. The zero-order chi connectivity index (χ0) is 16.3. The lowest BCUT2D eigenvalue weighted by Gasteiger charge is -2.31. The van der Waals surface area contributed by atoms with Gasteiger partial charge < -0.3 is 5.32 Å². The quantitative estimate of drug-likeness (QED) is 0.703. The second-order valence-corrected chi connectivity index (χ2v) is 6.19. The predicted molar refractivity (Wildman–Crippen MR) is 84.7 cm³/mol. The number of ketones is 2. The van der Waals surface area contributed by atoms with Crippen molar-refractivity contribution in [3.8, 4) is 0 Å². The Kier molecular flexibility index (Phi) is 2.79. The Balaban J connectivity index is 1.96. The lowest BCUT2D eigenvalue weighted by Crippen LogP contribution is -2.42. The normalized spacial score (nSPS) is 18.9. The van der Waals surface area contributed by atoms with E-state index >= 15 is 0 Å². The van der Waals surface area contributed by atoms with Crippen LogP contribution in [-0.4, -0.2) is 17.5 Å². The van der Waals surface area contributed by atoms with Crippen molar-refractivity contribution in [2.45, 2.75) is 26.3 Å².